The summed E-state index contributed by atoms with van der Waals surface area (Å²) in [6, 6.07) is 0.540. The monoisotopic (exact) mass is 250 g/mol. The Hall–Kier alpha value is -0.900. The SMILES string of the molecule is CNC(Cc1cn(C)nn1)C1CCC(C)(C)CC1. The lowest BCUT2D eigenvalue weighted by atomic mass is 9.70. The molecular weight excluding hydrogens is 224 g/mol. The predicted octanol–water partition coefficient (Wildman–Crippen LogP) is 2.16. The van der Waals surface area contributed by atoms with Gasteiger partial charge in [0.1, 0.15) is 0 Å². The molecule has 102 valence electrons. The van der Waals surface area contributed by atoms with Crippen LogP contribution in [0.25, 0.3) is 0 Å². The molecular formula is C14H26N4. The van der Waals surface area contributed by atoms with Crippen LogP contribution in [0.15, 0.2) is 6.20 Å². The largest absolute Gasteiger partial charge is 0.316 e. The van der Waals surface area contributed by atoms with Crippen LogP contribution < -0.4 is 5.32 Å². The van der Waals surface area contributed by atoms with Gasteiger partial charge >= 0.3 is 0 Å². The minimum atomic E-state index is 0.540. The number of hydrogen-bond donors (Lipinski definition) is 1. The van der Waals surface area contributed by atoms with Gasteiger partial charge in [-0.2, -0.15) is 0 Å². The molecule has 4 heteroatoms. The Bertz CT molecular complexity index is 373. The van der Waals surface area contributed by atoms with Crippen molar-refractivity contribution in [3.63, 3.8) is 0 Å². The molecule has 0 radical (unpaired) electrons. The van der Waals surface area contributed by atoms with Gasteiger partial charge in [-0.3, -0.25) is 4.68 Å². The summed E-state index contributed by atoms with van der Waals surface area (Å²) < 4.78 is 1.78. The molecule has 1 aromatic rings. The summed E-state index contributed by atoms with van der Waals surface area (Å²) in [7, 11) is 3.99. The van der Waals surface area contributed by atoms with E-state index in [9.17, 15) is 0 Å². The molecule has 0 saturated heterocycles. The average Bonchev–Trinajstić information content (AvgIpc) is 2.72. The number of nitrogens with zero attached hydrogens (tertiary/aromatic N) is 3. The van der Waals surface area contributed by atoms with E-state index in [1.807, 2.05) is 13.2 Å². The zero-order valence-corrected chi connectivity index (χ0v) is 12.1. The Morgan fingerprint density at radius 1 is 1.44 bits per heavy atom. The summed E-state index contributed by atoms with van der Waals surface area (Å²) in [6.45, 7) is 4.78. The van der Waals surface area contributed by atoms with Crippen molar-refractivity contribution in [2.24, 2.45) is 18.4 Å². The van der Waals surface area contributed by atoms with Crippen LogP contribution >= 0.6 is 0 Å². The number of hydrogen-bond acceptors (Lipinski definition) is 3. The summed E-state index contributed by atoms with van der Waals surface area (Å²) in [4.78, 5) is 0. The highest BCUT2D eigenvalue weighted by atomic mass is 15.4. The van der Waals surface area contributed by atoms with Crippen LogP contribution in [0.2, 0.25) is 0 Å². The zero-order valence-electron chi connectivity index (χ0n) is 12.1. The highest BCUT2D eigenvalue weighted by Crippen LogP contribution is 2.39. The van der Waals surface area contributed by atoms with Crippen LogP contribution in [0.3, 0.4) is 0 Å². The number of aromatic nitrogens is 3. The molecule has 0 aliphatic heterocycles. The molecule has 1 heterocycles. The smallest absolute Gasteiger partial charge is 0.0842 e. The van der Waals surface area contributed by atoms with Crippen molar-refractivity contribution in [2.75, 3.05) is 7.05 Å². The van der Waals surface area contributed by atoms with E-state index in [4.69, 9.17) is 0 Å². The summed E-state index contributed by atoms with van der Waals surface area (Å²) in [5.74, 6) is 0.782. The van der Waals surface area contributed by atoms with Gasteiger partial charge in [0.2, 0.25) is 0 Å². The molecule has 1 atom stereocenters. The minimum absolute atomic E-state index is 0.540. The van der Waals surface area contributed by atoms with E-state index in [1.54, 1.807) is 4.68 Å². The summed E-state index contributed by atoms with van der Waals surface area (Å²) in [5.41, 5.74) is 1.64. The standard InChI is InChI=1S/C14H26N4/c1-14(2)7-5-11(6-8-14)13(15-3)9-12-10-18(4)17-16-12/h10-11,13,15H,5-9H2,1-4H3. The summed E-state index contributed by atoms with van der Waals surface area (Å²) in [6.07, 6.45) is 8.37. The van der Waals surface area contributed by atoms with Crippen LogP contribution in [0.5, 0.6) is 0 Å². The molecule has 0 bridgehead atoms. The van der Waals surface area contributed by atoms with Gasteiger partial charge in [-0.1, -0.05) is 19.1 Å². The Labute approximate surface area is 110 Å². The minimum Gasteiger partial charge on any atom is -0.316 e. The van der Waals surface area contributed by atoms with Crippen LogP contribution in [0.1, 0.15) is 45.2 Å². The molecule has 1 aromatic heterocycles. The molecule has 1 fully saturated rings. The third-order valence-electron chi connectivity index (χ3n) is 4.40. The van der Waals surface area contributed by atoms with E-state index in [0.717, 1.165) is 18.0 Å². The second kappa shape index (κ2) is 5.39. The number of aryl methyl sites for hydroxylation is 1. The van der Waals surface area contributed by atoms with E-state index in [1.165, 1.54) is 25.7 Å². The van der Waals surface area contributed by atoms with Gasteiger partial charge in [-0.25, -0.2) is 0 Å². The van der Waals surface area contributed by atoms with Crippen molar-refractivity contribution in [3.8, 4) is 0 Å². The first-order valence-electron chi connectivity index (χ1n) is 7.03. The Kier molecular flexibility index (Phi) is 4.05. The van der Waals surface area contributed by atoms with Crippen LogP contribution in [-0.4, -0.2) is 28.1 Å². The van der Waals surface area contributed by atoms with E-state index < -0.39 is 0 Å². The summed E-state index contributed by atoms with van der Waals surface area (Å²) >= 11 is 0. The highest BCUT2D eigenvalue weighted by Gasteiger charge is 2.31. The van der Waals surface area contributed by atoms with Crippen LogP contribution in [0.4, 0.5) is 0 Å². The Morgan fingerprint density at radius 3 is 2.61 bits per heavy atom. The van der Waals surface area contributed by atoms with Crippen molar-refractivity contribution >= 4 is 0 Å². The average molecular weight is 250 g/mol. The van der Waals surface area contributed by atoms with E-state index in [0.29, 0.717) is 11.5 Å². The van der Waals surface area contributed by atoms with E-state index >= 15 is 0 Å². The molecule has 1 N–H and O–H groups in total. The first kappa shape index (κ1) is 13.5. The molecule has 0 amide bonds. The van der Waals surface area contributed by atoms with Crippen LogP contribution in [-0.2, 0) is 13.5 Å². The summed E-state index contributed by atoms with van der Waals surface area (Å²) in [5, 5.41) is 11.7. The van der Waals surface area contributed by atoms with Gasteiger partial charge in [-0.05, 0) is 44.1 Å². The lowest BCUT2D eigenvalue weighted by Gasteiger charge is -2.37. The molecule has 1 saturated carbocycles. The predicted molar refractivity (Wildman–Crippen MR) is 73.3 cm³/mol. The number of rotatable bonds is 4. The maximum absolute atomic E-state index is 4.20. The lowest BCUT2D eigenvalue weighted by Crippen LogP contribution is -2.39. The van der Waals surface area contributed by atoms with Crippen molar-refractivity contribution in [2.45, 2.75) is 52.0 Å². The molecule has 1 aliphatic rings. The molecule has 0 aromatic carbocycles. The van der Waals surface area contributed by atoms with Gasteiger partial charge in [0.05, 0.1) is 5.69 Å². The number of nitrogens with one attached hydrogen (secondary N) is 1. The third-order valence-corrected chi connectivity index (χ3v) is 4.40. The van der Waals surface area contributed by atoms with Crippen molar-refractivity contribution < 1.29 is 0 Å². The first-order valence-corrected chi connectivity index (χ1v) is 7.03. The molecule has 1 aliphatic carbocycles. The maximum Gasteiger partial charge on any atom is 0.0842 e. The fraction of sp³-hybridized carbons (Fsp3) is 0.857. The zero-order chi connectivity index (χ0) is 13.2. The highest BCUT2D eigenvalue weighted by molar-refractivity contribution is 4.98. The lowest BCUT2D eigenvalue weighted by molar-refractivity contribution is 0.163. The van der Waals surface area contributed by atoms with Crippen LogP contribution in [0, 0.1) is 11.3 Å². The number of likely N-dealkylation sites (N-methyl/N-ethyl adjacent to an activating group) is 1. The molecule has 1 unspecified atom stereocenters. The third kappa shape index (κ3) is 3.31. The van der Waals surface area contributed by atoms with Crippen molar-refractivity contribution in [3.05, 3.63) is 11.9 Å². The van der Waals surface area contributed by atoms with Crippen molar-refractivity contribution in [1.29, 1.82) is 0 Å². The first-order chi connectivity index (χ1) is 8.50. The Morgan fingerprint density at radius 2 is 2.11 bits per heavy atom. The maximum atomic E-state index is 4.20. The van der Waals surface area contributed by atoms with Gasteiger partial charge in [0, 0.05) is 25.7 Å². The normalized spacial score (nSPS) is 22.0. The molecule has 18 heavy (non-hydrogen) atoms. The quantitative estimate of drug-likeness (QED) is 0.890. The second-order valence-electron chi connectivity index (χ2n) is 6.48. The van der Waals surface area contributed by atoms with E-state index in [2.05, 4.69) is 36.5 Å². The van der Waals surface area contributed by atoms with Crippen molar-refractivity contribution in [1.82, 2.24) is 20.3 Å². The molecule has 0 spiro atoms. The van der Waals surface area contributed by atoms with Gasteiger partial charge in [-0.15, -0.1) is 5.10 Å². The fourth-order valence-corrected chi connectivity index (χ4v) is 3.04. The van der Waals surface area contributed by atoms with Gasteiger partial charge in [0.15, 0.2) is 0 Å². The van der Waals surface area contributed by atoms with Gasteiger partial charge < -0.3 is 5.32 Å². The molecule has 4 nitrogen and oxygen atoms in total. The molecule has 2 rings (SSSR count). The van der Waals surface area contributed by atoms with Gasteiger partial charge in [0.25, 0.3) is 0 Å². The Balaban J connectivity index is 1.93. The van der Waals surface area contributed by atoms with E-state index in [-0.39, 0.29) is 0 Å². The topological polar surface area (TPSA) is 42.7 Å². The second-order valence-corrected chi connectivity index (χ2v) is 6.48. The fourth-order valence-electron chi connectivity index (χ4n) is 3.04.